The molecule has 1 aliphatic heterocycles. The van der Waals surface area contributed by atoms with Crippen LogP contribution in [0.2, 0.25) is 0 Å². The third kappa shape index (κ3) is 3.87. The molecule has 3 amide bonds. The van der Waals surface area contributed by atoms with Crippen molar-refractivity contribution >= 4 is 33.9 Å². The second-order valence-electron chi connectivity index (χ2n) is 5.21. The highest BCUT2D eigenvalue weighted by molar-refractivity contribution is 9.10. The standard InChI is InChI=1S/C18H12BrN3O3/c19-14-5-6-16(25-10-12-4-2-1-3-11(12)9-20)13(7-14)8-15-17(23)22-18(24)21-15/h1-8H,10H2,(H2,21,22,23,24)/b15-8-. The Morgan fingerprint density at radius 1 is 1.16 bits per heavy atom. The zero-order valence-electron chi connectivity index (χ0n) is 12.9. The Balaban J connectivity index is 1.87. The molecule has 1 heterocycles. The number of urea groups is 1. The molecule has 7 heteroatoms. The molecule has 124 valence electrons. The molecule has 3 rings (SSSR count). The van der Waals surface area contributed by atoms with Crippen LogP contribution in [-0.4, -0.2) is 11.9 Å². The van der Waals surface area contributed by atoms with Crippen molar-refractivity contribution < 1.29 is 14.3 Å². The lowest BCUT2D eigenvalue weighted by Gasteiger charge is -2.11. The molecule has 2 aromatic rings. The molecule has 6 nitrogen and oxygen atoms in total. The maximum atomic E-state index is 11.7. The van der Waals surface area contributed by atoms with Crippen LogP contribution in [-0.2, 0) is 11.4 Å². The van der Waals surface area contributed by atoms with E-state index in [1.54, 1.807) is 30.3 Å². The zero-order chi connectivity index (χ0) is 17.8. The summed E-state index contributed by atoms with van der Waals surface area (Å²) in [7, 11) is 0. The lowest BCUT2D eigenvalue weighted by atomic mass is 10.1. The van der Waals surface area contributed by atoms with E-state index < -0.39 is 11.9 Å². The number of nitrogens with zero attached hydrogens (tertiary/aromatic N) is 1. The minimum Gasteiger partial charge on any atom is -0.488 e. The summed E-state index contributed by atoms with van der Waals surface area (Å²) in [6, 6.07) is 14.1. The number of carbonyl (C=O) groups excluding carboxylic acids is 2. The van der Waals surface area contributed by atoms with Crippen LogP contribution >= 0.6 is 15.9 Å². The topological polar surface area (TPSA) is 91.2 Å². The van der Waals surface area contributed by atoms with Gasteiger partial charge in [-0.05, 0) is 30.3 Å². The first-order chi connectivity index (χ1) is 12.1. The third-order valence-corrected chi connectivity index (χ3v) is 4.01. The highest BCUT2D eigenvalue weighted by Gasteiger charge is 2.23. The van der Waals surface area contributed by atoms with E-state index in [9.17, 15) is 9.59 Å². The first kappa shape index (κ1) is 16.7. The summed E-state index contributed by atoms with van der Waals surface area (Å²) in [6.45, 7) is 0.208. The van der Waals surface area contributed by atoms with E-state index in [0.717, 1.165) is 10.0 Å². The molecule has 1 saturated heterocycles. The summed E-state index contributed by atoms with van der Waals surface area (Å²) in [4.78, 5) is 22.9. The Morgan fingerprint density at radius 3 is 2.68 bits per heavy atom. The number of hydrogen-bond donors (Lipinski definition) is 2. The van der Waals surface area contributed by atoms with Crippen molar-refractivity contribution in [1.82, 2.24) is 10.6 Å². The molecule has 0 saturated carbocycles. The van der Waals surface area contributed by atoms with E-state index in [1.807, 2.05) is 12.1 Å². The molecule has 0 spiro atoms. The molecule has 0 radical (unpaired) electrons. The summed E-state index contributed by atoms with van der Waals surface area (Å²) in [5.74, 6) is 0.0307. The first-order valence-electron chi connectivity index (χ1n) is 7.31. The fourth-order valence-corrected chi connectivity index (χ4v) is 2.69. The van der Waals surface area contributed by atoms with Crippen LogP contribution in [0.4, 0.5) is 4.79 Å². The normalized spacial score (nSPS) is 14.8. The van der Waals surface area contributed by atoms with Gasteiger partial charge in [-0.25, -0.2) is 4.79 Å². The highest BCUT2D eigenvalue weighted by atomic mass is 79.9. The number of ether oxygens (including phenoxy) is 1. The number of amides is 3. The van der Waals surface area contributed by atoms with Crippen molar-refractivity contribution in [3.05, 3.63) is 69.3 Å². The third-order valence-electron chi connectivity index (χ3n) is 3.51. The van der Waals surface area contributed by atoms with Crippen molar-refractivity contribution in [2.75, 3.05) is 0 Å². The van der Waals surface area contributed by atoms with Crippen molar-refractivity contribution in [2.45, 2.75) is 6.61 Å². The van der Waals surface area contributed by atoms with Crippen LogP contribution in [0.3, 0.4) is 0 Å². The average molecular weight is 398 g/mol. The molecule has 0 bridgehead atoms. The second-order valence-corrected chi connectivity index (χ2v) is 6.12. The van der Waals surface area contributed by atoms with Crippen LogP contribution in [0.15, 0.2) is 52.6 Å². The quantitative estimate of drug-likeness (QED) is 0.612. The van der Waals surface area contributed by atoms with Crippen molar-refractivity contribution in [3.8, 4) is 11.8 Å². The number of imide groups is 1. The predicted octanol–water partition coefficient (Wildman–Crippen LogP) is 3.08. The van der Waals surface area contributed by atoms with Crippen LogP contribution < -0.4 is 15.4 Å². The van der Waals surface area contributed by atoms with E-state index >= 15 is 0 Å². The Bertz CT molecular complexity index is 931. The molecule has 0 atom stereocenters. The number of hydrogen-bond acceptors (Lipinski definition) is 4. The van der Waals surface area contributed by atoms with Gasteiger partial charge in [0.1, 0.15) is 18.1 Å². The number of nitrogens with one attached hydrogen (secondary N) is 2. The summed E-state index contributed by atoms with van der Waals surface area (Å²) >= 11 is 3.38. The number of halogens is 1. The number of carbonyl (C=O) groups is 2. The molecule has 2 N–H and O–H groups in total. The summed E-state index contributed by atoms with van der Waals surface area (Å²) < 4.78 is 6.63. The smallest absolute Gasteiger partial charge is 0.326 e. The fourth-order valence-electron chi connectivity index (χ4n) is 2.31. The largest absolute Gasteiger partial charge is 0.488 e. The molecule has 2 aromatic carbocycles. The molecular formula is C18H12BrN3O3. The SMILES string of the molecule is N#Cc1ccccc1COc1ccc(Br)cc1/C=C1\NC(=O)NC1=O. The molecule has 0 aromatic heterocycles. The Labute approximate surface area is 152 Å². The van der Waals surface area contributed by atoms with Crippen molar-refractivity contribution in [1.29, 1.82) is 5.26 Å². The lowest BCUT2D eigenvalue weighted by Crippen LogP contribution is -2.22. The highest BCUT2D eigenvalue weighted by Crippen LogP contribution is 2.27. The molecule has 0 aliphatic carbocycles. The first-order valence-corrected chi connectivity index (χ1v) is 8.10. The van der Waals surface area contributed by atoms with Gasteiger partial charge in [-0.15, -0.1) is 0 Å². The minimum atomic E-state index is -0.559. The summed E-state index contributed by atoms with van der Waals surface area (Å²) in [6.07, 6.45) is 1.54. The van der Waals surface area contributed by atoms with Gasteiger partial charge in [0.15, 0.2) is 0 Å². The molecule has 0 unspecified atom stereocenters. The van der Waals surface area contributed by atoms with E-state index in [4.69, 9.17) is 10.00 Å². The Hall–Kier alpha value is -3.11. The number of nitriles is 1. The molecule has 1 aliphatic rings. The van der Waals surface area contributed by atoms with Crippen molar-refractivity contribution in [2.24, 2.45) is 0 Å². The minimum absolute atomic E-state index is 0.144. The Morgan fingerprint density at radius 2 is 1.96 bits per heavy atom. The maximum Gasteiger partial charge on any atom is 0.326 e. The van der Waals surface area contributed by atoms with Crippen LogP contribution in [0, 0.1) is 11.3 Å². The van der Waals surface area contributed by atoms with Gasteiger partial charge < -0.3 is 10.1 Å². The van der Waals surface area contributed by atoms with Gasteiger partial charge in [0.05, 0.1) is 11.6 Å². The van der Waals surface area contributed by atoms with Crippen LogP contribution in [0.1, 0.15) is 16.7 Å². The summed E-state index contributed by atoms with van der Waals surface area (Å²) in [5.41, 5.74) is 2.07. The van der Waals surface area contributed by atoms with E-state index in [2.05, 4.69) is 32.6 Å². The van der Waals surface area contributed by atoms with Gasteiger partial charge >= 0.3 is 6.03 Å². The van der Waals surface area contributed by atoms with Crippen LogP contribution in [0.25, 0.3) is 6.08 Å². The zero-order valence-corrected chi connectivity index (χ0v) is 14.5. The predicted molar refractivity (Wildman–Crippen MR) is 94.3 cm³/mol. The van der Waals surface area contributed by atoms with Gasteiger partial charge in [-0.1, -0.05) is 34.1 Å². The number of rotatable bonds is 4. The van der Waals surface area contributed by atoms with Gasteiger partial charge in [0.25, 0.3) is 5.91 Å². The van der Waals surface area contributed by atoms with Crippen molar-refractivity contribution in [3.63, 3.8) is 0 Å². The average Bonchev–Trinajstić information content (AvgIpc) is 2.91. The second kappa shape index (κ2) is 7.20. The van der Waals surface area contributed by atoms with E-state index in [0.29, 0.717) is 16.9 Å². The van der Waals surface area contributed by atoms with E-state index in [1.165, 1.54) is 6.08 Å². The number of benzene rings is 2. The molecular weight excluding hydrogens is 386 g/mol. The van der Waals surface area contributed by atoms with Gasteiger partial charge in [0, 0.05) is 15.6 Å². The lowest BCUT2D eigenvalue weighted by molar-refractivity contribution is -0.115. The summed E-state index contributed by atoms with van der Waals surface area (Å²) in [5, 5.41) is 13.7. The molecule has 1 fully saturated rings. The Kier molecular flexibility index (Phi) is 4.82. The van der Waals surface area contributed by atoms with Gasteiger partial charge in [-0.3, -0.25) is 10.1 Å². The molecule has 25 heavy (non-hydrogen) atoms. The fraction of sp³-hybridized carbons (Fsp3) is 0.0556. The maximum absolute atomic E-state index is 11.7. The van der Waals surface area contributed by atoms with Gasteiger partial charge in [-0.2, -0.15) is 5.26 Å². The van der Waals surface area contributed by atoms with E-state index in [-0.39, 0.29) is 12.3 Å². The monoisotopic (exact) mass is 397 g/mol. The van der Waals surface area contributed by atoms with Crippen LogP contribution in [0.5, 0.6) is 5.75 Å². The van der Waals surface area contributed by atoms with Gasteiger partial charge in [0.2, 0.25) is 0 Å².